The molecule has 1 saturated heterocycles. The number of likely N-dealkylation sites (tertiary alicyclic amines) is 1. The summed E-state index contributed by atoms with van der Waals surface area (Å²) >= 11 is 0. The van der Waals surface area contributed by atoms with Crippen molar-refractivity contribution in [2.45, 2.75) is 38.8 Å². The Balaban J connectivity index is 1.38. The van der Waals surface area contributed by atoms with Gasteiger partial charge in [-0.25, -0.2) is 4.98 Å². The molecule has 0 spiro atoms. The molecule has 2 aromatic heterocycles. The van der Waals surface area contributed by atoms with Gasteiger partial charge in [0.15, 0.2) is 0 Å². The van der Waals surface area contributed by atoms with Crippen LogP contribution in [0.15, 0.2) is 66.9 Å². The Bertz CT molecular complexity index is 1370. The number of hydrogen-bond donors (Lipinski definition) is 0. The number of benzene rings is 2. The van der Waals surface area contributed by atoms with Crippen LogP contribution in [0.5, 0.6) is 0 Å². The highest BCUT2D eigenvalue weighted by atomic mass is 19.4. The maximum Gasteiger partial charge on any atom is 0.416 e. The number of rotatable bonds is 4. The maximum absolute atomic E-state index is 13.4. The molecule has 35 heavy (non-hydrogen) atoms. The van der Waals surface area contributed by atoms with Gasteiger partial charge in [0.2, 0.25) is 5.91 Å². The predicted octanol–water partition coefficient (Wildman–Crippen LogP) is 6.20. The van der Waals surface area contributed by atoms with Gasteiger partial charge in [-0.2, -0.15) is 13.2 Å². The first-order valence-corrected chi connectivity index (χ1v) is 11.7. The van der Waals surface area contributed by atoms with Crippen LogP contribution in [-0.4, -0.2) is 33.3 Å². The quantitative estimate of drug-likeness (QED) is 0.351. The van der Waals surface area contributed by atoms with Gasteiger partial charge in [-0.3, -0.25) is 4.79 Å². The van der Waals surface area contributed by atoms with Crippen molar-refractivity contribution in [3.05, 3.63) is 94.8 Å². The molecule has 7 heteroatoms. The van der Waals surface area contributed by atoms with Crippen LogP contribution in [0.3, 0.4) is 0 Å². The summed E-state index contributed by atoms with van der Waals surface area (Å²) < 4.78 is 40.7. The van der Waals surface area contributed by atoms with Crippen molar-refractivity contribution in [3.63, 3.8) is 0 Å². The fourth-order valence-electron chi connectivity index (χ4n) is 4.77. The number of aromatic nitrogens is 2. The van der Waals surface area contributed by atoms with E-state index in [1.807, 2.05) is 65.7 Å². The number of nitrogens with zero attached hydrogens (tertiary/aromatic N) is 3. The summed E-state index contributed by atoms with van der Waals surface area (Å²) in [5.41, 5.74) is 5.79. The van der Waals surface area contributed by atoms with E-state index in [1.165, 1.54) is 12.1 Å². The Kier molecular flexibility index (Phi) is 5.87. The SMILES string of the molecule is Cc1ccc(-c2nc3ccc(C)cn3c2CC(=O)N2CCC(c3ccc(C(F)(F)F)cc3)C2)cc1. The number of halogens is 3. The van der Waals surface area contributed by atoms with E-state index < -0.39 is 11.7 Å². The second kappa shape index (κ2) is 8.87. The van der Waals surface area contributed by atoms with Crippen LogP contribution >= 0.6 is 0 Å². The van der Waals surface area contributed by atoms with E-state index in [0.717, 1.165) is 57.8 Å². The summed E-state index contributed by atoms with van der Waals surface area (Å²) in [7, 11) is 0. The van der Waals surface area contributed by atoms with Crippen molar-refractivity contribution in [2.24, 2.45) is 0 Å². The van der Waals surface area contributed by atoms with Crippen LogP contribution in [0.2, 0.25) is 0 Å². The molecule has 0 radical (unpaired) electrons. The lowest BCUT2D eigenvalue weighted by molar-refractivity contribution is -0.137. The third kappa shape index (κ3) is 4.67. The number of hydrogen-bond acceptors (Lipinski definition) is 2. The van der Waals surface area contributed by atoms with Gasteiger partial charge in [0.1, 0.15) is 5.65 Å². The minimum absolute atomic E-state index is 0.00363. The highest BCUT2D eigenvalue weighted by Gasteiger charge is 2.32. The lowest BCUT2D eigenvalue weighted by atomic mass is 9.97. The smallest absolute Gasteiger partial charge is 0.342 e. The number of imidazole rings is 1. The van der Waals surface area contributed by atoms with Crippen molar-refractivity contribution >= 4 is 11.6 Å². The maximum atomic E-state index is 13.4. The average Bonchev–Trinajstić information content (AvgIpc) is 3.45. The van der Waals surface area contributed by atoms with Crippen LogP contribution in [-0.2, 0) is 17.4 Å². The Labute approximate surface area is 202 Å². The van der Waals surface area contributed by atoms with Crippen LogP contribution in [0.25, 0.3) is 16.9 Å². The normalized spacial score (nSPS) is 16.3. The highest BCUT2D eigenvalue weighted by Crippen LogP contribution is 2.33. The molecule has 1 fully saturated rings. The fourth-order valence-corrected chi connectivity index (χ4v) is 4.77. The Morgan fingerprint density at radius 3 is 2.34 bits per heavy atom. The molecule has 2 aromatic carbocycles. The summed E-state index contributed by atoms with van der Waals surface area (Å²) in [6.07, 6.45) is -1.42. The third-order valence-electron chi connectivity index (χ3n) is 6.76. The number of amides is 1. The molecule has 1 unspecified atom stereocenters. The van der Waals surface area contributed by atoms with E-state index in [4.69, 9.17) is 4.98 Å². The number of aryl methyl sites for hydroxylation is 2. The molecule has 1 atom stereocenters. The molecule has 3 heterocycles. The summed E-state index contributed by atoms with van der Waals surface area (Å²) in [4.78, 5) is 20.0. The van der Waals surface area contributed by atoms with Gasteiger partial charge in [-0.1, -0.05) is 48.0 Å². The van der Waals surface area contributed by atoms with E-state index in [2.05, 4.69) is 0 Å². The van der Waals surface area contributed by atoms with E-state index in [9.17, 15) is 18.0 Å². The number of pyridine rings is 1. The number of carbonyl (C=O) groups excluding carboxylic acids is 1. The van der Waals surface area contributed by atoms with E-state index in [-0.39, 0.29) is 18.2 Å². The standard InChI is InChI=1S/C28H26F3N3O/c1-18-3-6-21(7-4-18)27-24(34-16-19(2)5-12-25(34)32-27)15-26(35)33-14-13-22(17-33)20-8-10-23(11-9-20)28(29,30)31/h3-12,16,22H,13-15,17H2,1-2H3. The molecule has 1 amide bonds. The Morgan fingerprint density at radius 1 is 0.971 bits per heavy atom. The minimum Gasteiger partial charge on any atom is -0.342 e. The van der Waals surface area contributed by atoms with Crippen LogP contribution in [0, 0.1) is 13.8 Å². The molecule has 0 N–H and O–H groups in total. The largest absolute Gasteiger partial charge is 0.416 e. The van der Waals surface area contributed by atoms with Crippen molar-refractivity contribution in [1.29, 1.82) is 0 Å². The zero-order chi connectivity index (χ0) is 24.7. The fraction of sp³-hybridized carbons (Fsp3) is 0.286. The molecule has 0 saturated carbocycles. The topological polar surface area (TPSA) is 37.6 Å². The molecule has 4 aromatic rings. The highest BCUT2D eigenvalue weighted by molar-refractivity contribution is 5.82. The zero-order valence-corrected chi connectivity index (χ0v) is 19.6. The van der Waals surface area contributed by atoms with Crippen molar-refractivity contribution in [1.82, 2.24) is 14.3 Å². The first-order valence-electron chi connectivity index (χ1n) is 11.7. The second-order valence-corrected chi connectivity index (χ2v) is 9.33. The summed E-state index contributed by atoms with van der Waals surface area (Å²) in [6.45, 7) is 5.12. The monoisotopic (exact) mass is 477 g/mol. The van der Waals surface area contributed by atoms with Gasteiger partial charge < -0.3 is 9.30 Å². The van der Waals surface area contributed by atoms with E-state index in [0.29, 0.717) is 13.1 Å². The zero-order valence-electron chi connectivity index (χ0n) is 19.6. The summed E-state index contributed by atoms with van der Waals surface area (Å²) in [5.74, 6) is 0.0262. The predicted molar refractivity (Wildman–Crippen MR) is 129 cm³/mol. The number of carbonyl (C=O) groups is 1. The number of alkyl halides is 3. The lowest BCUT2D eigenvalue weighted by Crippen LogP contribution is -2.30. The van der Waals surface area contributed by atoms with Crippen LogP contribution in [0.4, 0.5) is 13.2 Å². The molecule has 0 aliphatic carbocycles. The van der Waals surface area contributed by atoms with Crippen molar-refractivity contribution in [3.8, 4) is 11.3 Å². The van der Waals surface area contributed by atoms with Crippen LogP contribution in [0.1, 0.15) is 40.3 Å². The summed E-state index contributed by atoms with van der Waals surface area (Å²) in [5, 5.41) is 0. The van der Waals surface area contributed by atoms with Gasteiger partial charge >= 0.3 is 6.18 Å². The molecular formula is C28H26F3N3O. The first-order chi connectivity index (χ1) is 16.7. The Morgan fingerprint density at radius 2 is 1.66 bits per heavy atom. The van der Waals surface area contributed by atoms with Gasteiger partial charge in [0.25, 0.3) is 0 Å². The van der Waals surface area contributed by atoms with Gasteiger partial charge in [0.05, 0.1) is 23.4 Å². The first kappa shape index (κ1) is 23.1. The average molecular weight is 478 g/mol. The third-order valence-corrected chi connectivity index (χ3v) is 6.76. The van der Waals surface area contributed by atoms with Gasteiger partial charge in [-0.05, 0) is 49.6 Å². The van der Waals surface area contributed by atoms with Crippen molar-refractivity contribution in [2.75, 3.05) is 13.1 Å². The number of fused-ring (bicyclic) bond motifs is 1. The van der Waals surface area contributed by atoms with Gasteiger partial charge in [0, 0.05) is 30.8 Å². The lowest BCUT2D eigenvalue weighted by Gasteiger charge is -2.18. The molecule has 4 nitrogen and oxygen atoms in total. The van der Waals surface area contributed by atoms with E-state index in [1.54, 1.807) is 0 Å². The van der Waals surface area contributed by atoms with Crippen LogP contribution < -0.4 is 0 Å². The van der Waals surface area contributed by atoms with Crippen molar-refractivity contribution < 1.29 is 18.0 Å². The summed E-state index contributed by atoms with van der Waals surface area (Å²) in [6, 6.07) is 17.4. The van der Waals surface area contributed by atoms with Gasteiger partial charge in [-0.15, -0.1) is 0 Å². The molecular weight excluding hydrogens is 451 g/mol. The molecule has 1 aliphatic rings. The molecule has 1 aliphatic heterocycles. The molecule has 0 bridgehead atoms. The second-order valence-electron chi connectivity index (χ2n) is 9.33. The van der Waals surface area contributed by atoms with E-state index >= 15 is 0 Å². The molecule has 5 rings (SSSR count). The Hall–Kier alpha value is -3.61. The molecule has 180 valence electrons. The minimum atomic E-state index is -4.35.